The van der Waals surface area contributed by atoms with Crippen molar-refractivity contribution in [3.8, 4) is 0 Å². The highest BCUT2D eigenvalue weighted by atomic mass is 32.1. The number of carbonyl (C=O) groups is 1. The zero-order valence-electron chi connectivity index (χ0n) is 14.8. The summed E-state index contributed by atoms with van der Waals surface area (Å²) < 4.78 is 4.04. The molecule has 1 fully saturated rings. The Balaban J connectivity index is 1.44. The van der Waals surface area contributed by atoms with Crippen LogP contribution in [0.2, 0.25) is 0 Å². The summed E-state index contributed by atoms with van der Waals surface area (Å²) in [6.45, 7) is 2.20. The molecule has 1 atom stereocenters. The van der Waals surface area contributed by atoms with Crippen LogP contribution in [0.25, 0.3) is 0 Å². The van der Waals surface area contributed by atoms with Crippen molar-refractivity contribution in [3.63, 3.8) is 0 Å². The van der Waals surface area contributed by atoms with E-state index in [0.29, 0.717) is 13.0 Å². The van der Waals surface area contributed by atoms with Crippen LogP contribution in [0.5, 0.6) is 0 Å². The summed E-state index contributed by atoms with van der Waals surface area (Å²) in [6, 6.07) is 2.02. The van der Waals surface area contributed by atoms with Crippen molar-refractivity contribution in [1.82, 2.24) is 29.2 Å². The number of hydrogen-bond acceptors (Lipinski definition) is 5. The van der Waals surface area contributed by atoms with Crippen LogP contribution in [0.1, 0.15) is 36.0 Å². The largest absolute Gasteiger partial charge is 0.342 e. The van der Waals surface area contributed by atoms with Crippen LogP contribution >= 0.6 is 11.3 Å². The predicted molar refractivity (Wildman–Crippen MR) is 98.9 cm³/mol. The number of amides is 1. The first kappa shape index (κ1) is 17.0. The van der Waals surface area contributed by atoms with Gasteiger partial charge in [0, 0.05) is 38.4 Å². The summed E-state index contributed by atoms with van der Waals surface area (Å²) in [4.78, 5) is 18.7. The van der Waals surface area contributed by atoms with Gasteiger partial charge in [-0.1, -0.05) is 0 Å². The molecule has 0 aliphatic carbocycles. The zero-order chi connectivity index (χ0) is 17.9. The first-order valence-corrected chi connectivity index (χ1v) is 9.77. The van der Waals surface area contributed by atoms with Gasteiger partial charge < -0.3 is 14.0 Å². The Kier molecular flexibility index (Phi) is 4.83. The molecule has 0 radical (unpaired) electrons. The van der Waals surface area contributed by atoms with Crippen LogP contribution < -0.4 is 0 Å². The Labute approximate surface area is 156 Å². The fraction of sp³-hybridized carbons (Fsp3) is 0.444. The highest BCUT2D eigenvalue weighted by Gasteiger charge is 2.28. The van der Waals surface area contributed by atoms with Crippen LogP contribution in [-0.4, -0.2) is 48.2 Å². The summed E-state index contributed by atoms with van der Waals surface area (Å²) in [5.74, 6) is 2.31. The third-order valence-electron chi connectivity index (χ3n) is 4.96. The number of thiophene rings is 1. The second kappa shape index (κ2) is 7.41. The van der Waals surface area contributed by atoms with Crippen LogP contribution in [0.4, 0.5) is 0 Å². The van der Waals surface area contributed by atoms with Crippen molar-refractivity contribution in [2.45, 2.75) is 31.7 Å². The lowest BCUT2D eigenvalue weighted by atomic mass is 9.96. The first-order valence-electron chi connectivity index (χ1n) is 8.83. The monoisotopic (exact) mass is 370 g/mol. The van der Waals surface area contributed by atoms with Gasteiger partial charge in [0.2, 0.25) is 5.91 Å². The Morgan fingerprint density at radius 3 is 3.08 bits per heavy atom. The van der Waals surface area contributed by atoms with Gasteiger partial charge in [-0.15, -0.1) is 10.2 Å². The third-order valence-corrected chi connectivity index (χ3v) is 5.69. The summed E-state index contributed by atoms with van der Waals surface area (Å²) in [5, 5.41) is 12.9. The van der Waals surface area contributed by atoms with E-state index in [1.165, 1.54) is 0 Å². The van der Waals surface area contributed by atoms with E-state index in [0.717, 1.165) is 43.1 Å². The molecule has 0 bridgehead atoms. The van der Waals surface area contributed by atoms with Crippen LogP contribution in [0.3, 0.4) is 0 Å². The normalized spacial score (nSPS) is 17.6. The molecule has 8 heteroatoms. The second-order valence-corrected chi connectivity index (χ2v) is 7.54. The van der Waals surface area contributed by atoms with E-state index in [2.05, 4.69) is 19.7 Å². The number of nitrogens with zero attached hydrogens (tertiary/aromatic N) is 6. The highest BCUT2D eigenvalue weighted by molar-refractivity contribution is 7.08. The predicted octanol–water partition coefficient (Wildman–Crippen LogP) is 2.07. The summed E-state index contributed by atoms with van der Waals surface area (Å²) in [6.07, 6.45) is 7.99. The molecule has 1 aliphatic heterocycles. The van der Waals surface area contributed by atoms with Crippen LogP contribution in [-0.2, 0) is 24.8 Å². The number of likely N-dealkylation sites (tertiary alicyclic amines) is 1. The van der Waals surface area contributed by atoms with Gasteiger partial charge in [-0.3, -0.25) is 4.79 Å². The Hall–Kier alpha value is -2.48. The standard InChI is InChI=1S/C18H22N6OS/c1-22-16(11-23-7-5-19-13-23)20-21-18(22)15-3-2-6-24(10-15)17(25)9-14-4-8-26-12-14/h4-5,7-8,12-13,15H,2-3,6,9-11H2,1H3/t15-/m1/s1. The average molecular weight is 370 g/mol. The highest BCUT2D eigenvalue weighted by Crippen LogP contribution is 2.26. The number of piperidine rings is 1. The maximum Gasteiger partial charge on any atom is 0.227 e. The molecule has 4 heterocycles. The molecule has 1 saturated heterocycles. The molecular weight excluding hydrogens is 348 g/mol. The Morgan fingerprint density at radius 1 is 1.38 bits per heavy atom. The molecule has 3 aromatic rings. The molecule has 136 valence electrons. The van der Waals surface area contributed by atoms with Gasteiger partial charge in [0.05, 0.1) is 19.3 Å². The van der Waals surface area contributed by atoms with Crippen molar-refractivity contribution in [2.24, 2.45) is 7.05 Å². The van der Waals surface area contributed by atoms with Crippen molar-refractivity contribution >= 4 is 17.2 Å². The van der Waals surface area contributed by atoms with Gasteiger partial charge in [-0.25, -0.2) is 4.98 Å². The maximum atomic E-state index is 12.6. The third kappa shape index (κ3) is 3.55. The van der Waals surface area contributed by atoms with Gasteiger partial charge in [-0.2, -0.15) is 11.3 Å². The quantitative estimate of drug-likeness (QED) is 0.689. The lowest BCUT2D eigenvalue weighted by Crippen LogP contribution is -2.40. The Bertz CT molecular complexity index is 855. The minimum absolute atomic E-state index is 0.203. The molecule has 0 saturated carbocycles. The summed E-state index contributed by atoms with van der Waals surface area (Å²) >= 11 is 1.63. The van der Waals surface area contributed by atoms with Crippen molar-refractivity contribution in [3.05, 3.63) is 52.8 Å². The van der Waals surface area contributed by atoms with Gasteiger partial charge >= 0.3 is 0 Å². The smallest absolute Gasteiger partial charge is 0.227 e. The van der Waals surface area contributed by atoms with Crippen molar-refractivity contribution in [2.75, 3.05) is 13.1 Å². The molecule has 1 amide bonds. The number of carbonyl (C=O) groups excluding carboxylic acids is 1. The van der Waals surface area contributed by atoms with Crippen LogP contribution in [0.15, 0.2) is 35.5 Å². The molecule has 0 unspecified atom stereocenters. The van der Waals surface area contributed by atoms with Gasteiger partial charge in [-0.05, 0) is 35.2 Å². The maximum absolute atomic E-state index is 12.6. The molecule has 7 nitrogen and oxygen atoms in total. The Morgan fingerprint density at radius 2 is 2.31 bits per heavy atom. The summed E-state index contributed by atoms with van der Waals surface area (Å²) in [7, 11) is 2.01. The molecule has 0 spiro atoms. The van der Waals surface area contributed by atoms with E-state index < -0.39 is 0 Å². The lowest BCUT2D eigenvalue weighted by molar-refractivity contribution is -0.131. The first-order chi connectivity index (χ1) is 12.7. The van der Waals surface area contributed by atoms with E-state index in [4.69, 9.17) is 0 Å². The van der Waals surface area contributed by atoms with Crippen molar-refractivity contribution < 1.29 is 4.79 Å². The van der Waals surface area contributed by atoms with Gasteiger partial charge in [0.15, 0.2) is 5.82 Å². The fourth-order valence-corrected chi connectivity index (χ4v) is 4.17. The van der Waals surface area contributed by atoms with Gasteiger partial charge in [0.1, 0.15) is 5.82 Å². The molecular formula is C18H22N6OS. The van der Waals surface area contributed by atoms with E-state index >= 15 is 0 Å². The molecule has 3 aromatic heterocycles. The summed E-state index contributed by atoms with van der Waals surface area (Å²) in [5.41, 5.74) is 1.10. The van der Waals surface area contributed by atoms with Crippen molar-refractivity contribution in [1.29, 1.82) is 0 Å². The van der Waals surface area contributed by atoms with Crippen LogP contribution in [0, 0.1) is 0 Å². The van der Waals surface area contributed by atoms with E-state index in [9.17, 15) is 4.79 Å². The molecule has 1 aliphatic rings. The lowest BCUT2D eigenvalue weighted by Gasteiger charge is -2.32. The zero-order valence-corrected chi connectivity index (χ0v) is 15.6. The second-order valence-electron chi connectivity index (χ2n) is 6.76. The topological polar surface area (TPSA) is 68.8 Å². The number of imidazole rings is 1. The number of rotatable bonds is 5. The SMILES string of the molecule is Cn1c(Cn2ccnc2)nnc1[C@@H]1CCCN(C(=O)Cc2ccsc2)C1. The van der Waals surface area contributed by atoms with E-state index in [-0.39, 0.29) is 11.8 Å². The minimum Gasteiger partial charge on any atom is -0.342 e. The molecule has 0 aromatic carbocycles. The molecule has 26 heavy (non-hydrogen) atoms. The minimum atomic E-state index is 0.203. The van der Waals surface area contributed by atoms with E-state index in [1.807, 2.05) is 39.5 Å². The molecule has 0 N–H and O–H groups in total. The van der Waals surface area contributed by atoms with Gasteiger partial charge in [0.25, 0.3) is 0 Å². The van der Waals surface area contributed by atoms with E-state index in [1.54, 1.807) is 23.9 Å². The fourth-order valence-electron chi connectivity index (χ4n) is 3.51. The number of hydrogen-bond donors (Lipinski definition) is 0. The molecule has 4 rings (SSSR count). The number of aromatic nitrogens is 5. The average Bonchev–Trinajstić information content (AvgIpc) is 3.40.